The number of nitrogens with zero attached hydrogens (tertiary/aromatic N) is 4. The summed E-state index contributed by atoms with van der Waals surface area (Å²) in [5, 5.41) is 18.3. The van der Waals surface area contributed by atoms with Crippen LogP contribution in [0.4, 0.5) is 11.4 Å². The third-order valence-electron chi connectivity index (χ3n) is 6.77. The highest BCUT2D eigenvalue weighted by Gasteiger charge is 2.21. The fraction of sp³-hybridized carbons (Fsp3) is 0.321. The number of pyridine rings is 1. The molecular weight excluding hydrogens is 468 g/mol. The van der Waals surface area contributed by atoms with Gasteiger partial charge in [-0.2, -0.15) is 5.10 Å². The molecule has 0 radical (unpaired) electrons. The fourth-order valence-electron chi connectivity index (χ4n) is 4.69. The lowest BCUT2D eigenvalue weighted by Gasteiger charge is -2.25. The van der Waals surface area contributed by atoms with Gasteiger partial charge in [0.15, 0.2) is 0 Å². The lowest BCUT2D eigenvalue weighted by molar-refractivity contribution is 0.0904. The van der Waals surface area contributed by atoms with Crippen molar-refractivity contribution in [3.05, 3.63) is 65.6 Å². The molecule has 1 aliphatic heterocycles. The Balaban J connectivity index is 1.62. The molecular formula is C28H32N6O3. The summed E-state index contributed by atoms with van der Waals surface area (Å²) >= 11 is 0. The number of fused-ring (bicyclic) bond motifs is 1. The van der Waals surface area contributed by atoms with Gasteiger partial charge in [-0.3, -0.25) is 0 Å². The SMILES string of the molecule is CCc1cc(O)ccc1/N=C(\N)c1cnn2cc(-c3cnc(OC)cc3C)cc2c1NC1CCOCC1. The second-order valence-corrected chi connectivity index (χ2v) is 9.23. The van der Waals surface area contributed by atoms with Crippen LogP contribution >= 0.6 is 0 Å². The number of hydrogen-bond donors (Lipinski definition) is 3. The zero-order chi connectivity index (χ0) is 25.9. The number of benzene rings is 1. The van der Waals surface area contributed by atoms with E-state index in [0.29, 0.717) is 24.9 Å². The van der Waals surface area contributed by atoms with Crippen molar-refractivity contribution in [1.82, 2.24) is 14.6 Å². The van der Waals surface area contributed by atoms with E-state index in [4.69, 9.17) is 20.2 Å². The zero-order valence-corrected chi connectivity index (χ0v) is 21.4. The molecule has 9 nitrogen and oxygen atoms in total. The van der Waals surface area contributed by atoms with Crippen LogP contribution in [0.1, 0.15) is 36.5 Å². The summed E-state index contributed by atoms with van der Waals surface area (Å²) in [5.41, 5.74) is 13.8. The maximum absolute atomic E-state index is 9.89. The molecule has 0 amide bonds. The Bertz CT molecular complexity index is 1460. The molecule has 1 saturated heterocycles. The van der Waals surface area contributed by atoms with E-state index in [1.54, 1.807) is 31.5 Å². The molecule has 0 unspecified atom stereocenters. The Morgan fingerprint density at radius 2 is 2.05 bits per heavy atom. The van der Waals surface area contributed by atoms with Gasteiger partial charge in [-0.15, -0.1) is 0 Å². The molecule has 0 aliphatic carbocycles. The minimum absolute atomic E-state index is 0.211. The van der Waals surface area contributed by atoms with Crippen molar-refractivity contribution in [3.63, 3.8) is 0 Å². The van der Waals surface area contributed by atoms with Crippen LogP contribution in [0.3, 0.4) is 0 Å². The van der Waals surface area contributed by atoms with Crippen LogP contribution in [0.15, 0.2) is 53.9 Å². The average molecular weight is 501 g/mol. The average Bonchev–Trinajstić information content (AvgIpc) is 3.34. The summed E-state index contributed by atoms with van der Waals surface area (Å²) in [7, 11) is 1.61. The summed E-state index contributed by atoms with van der Waals surface area (Å²) in [6.07, 6.45) is 8.09. The standard InChI is InChI=1S/C28H32N6O3/c1-4-18-12-21(35)5-6-24(18)33-28(29)23-15-31-34-16-19(22-14-30-26(36-3)11-17(22)2)13-25(34)27(23)32-20-7-9-37-10-8-20/h5-6,11-16,20,32,35H,4,7-10H2,1-3H3,(H2,29,33). The quantitative estimate of drug-likeness (QED) is 0.250. The summed E-state index contributed by atoms with van der Waals surface area (Å²) in [6.45, 7) is 5.49. The lowest BCUT2D eigenvalue weighted by atomic mass is 10.0. The Morgan fingerprint density at radius 1 is 1.24 bits per heavy atom. The number of rotatable bonds is 7. The second kappa shape index (κ2) is 10.5. The van der Waals surface area contributed by atoms with Gasteiger partial charge in [0.25, 0.3) is 0 Å². The number of phenols is 1. The van der Waals surface area contributed by atoms with Crippen LogP contribution in [0.25, 0.3) is 16.6 Å². The number of methoxy groups -OCH3 is 1. The van der Waals surface area contributed by atoms with Crippen molar-refractivity contribution >= 4 is 22.7 Å². The second-order valence-electron chi connectivity index (χ2n) is 9.23. The van der Waals surface area contributed by atoms with E-state index in [0.717, 1.165) is 64.0 Å². The summed E-state index contributed by atoms with van der Waals surface area (Å²) in [6, 6.07) is 9.39. The summed E-state index contributed by atoms with van der Waals surface area (Å²) < 4.78 is 12.7. The van der Waals surface area contributed by atoms with Gasteiger partial charge in [0.2, 0.25) is 5.88 Å². The first kappa shape index (κ1) is 24.6. The van der Waals surface area contributed by atoms with Crippen LogP contribution in [0, 0.1) is 6.92 Å². The van der Waals surface area contributed by atoms with Crippen LogP contribution in [0.5, 0.6) is 11.6 Å². The zero-order valence-electron chi connectivity index (χ0n) is 21.4. The normalized spacial score (nSPS) is 14.7. The van der Waals surface area contributed by atoms with E-state index in [1.807, 2.05) is 36.8 Å². The first-order valence-electron chi connectivity index (χ1n) is 12.5. The number of hydrogen-bond acceptors (Lipinski definition) is 7. The Morgan fingerprint density at radius 3 is 2.78 bits per heavy atom. The predicted octanol–water partition coefficient (Wildman–Crippen LogP) is 4.61. The van der Waals surface area contributed by atoms with E-state index in [1.165, 1.54) is 0 Å². The Hall–Kier alpha value is -4.11. The van der Waals surface area contributed by atoms with Gasteiger partial charge >= 0.3 is 0 Å². The van der Waals surface area contributed by atoms with Crippen LogP contribution in [-0.4, -0.2) is 51.9 Å². The number of phenolic OH excluding ortho intramolecular Hbond substituents is 1. The van der Waals surface area contributed by atoms with Crippen molar-refractivity contribution in [1.29, 1.82) is 0 Å². The molecule has 0 spiro atoms. The summed E-state index contributed by atoms with van der Waals surface area (Å²) in [4.78, 5) is 9.14. The molecule has 37 heavy (non-hydrogen) atoms. The minimum Gasteiger partial charge on any atom is -0.508 e. The highest BCUT2D eigenvalue weighted by atomic mass is 16.5. The minimum atomic E-state index is 0.211. The van der Waals surface area contributed by atoms with Crippen molar-refractivity contribution in [3.8, 4) is 22.8 Å². The first-order valence-corrected chi connectivity index (χ1v) is 12.5. The topological polar surface area (TPSA) is 119 Å². The molecule has 4 heterocycles. The monoisotopic (exact) mass is 500 g/mol. The molecule has 5 rings (SSSR count). The van der Waals surface area contributed by atoms with Gasteiger partial charge in [0, 0.05) is 48.8 Å². The molecule has 3 aromatic heterocycles. The number of aromatic hydroxyl groups is 1. The summed E-state index contributed by atoms with van der Waals surface area (Å²) in [5.74, 6) is 1.15. The van der Waals surface area contributed by atoms with Gasteiger partial charge in [0.1, 0.15) is 11.6 Å². The maximum atomic E-state index is 9.89. The molecule has 4 aromatic rings. The van der Waals surface area contributed by atoms with E-state index >= 15 is 0 Å². The molecule has 0 saturated carbocycles. The van der Waals surface area contributed by atoms with Gasteiger partial charge in [-0.25, -0.2) is 14.5 Å². The largest absolute Gasteiger partial charge is 0.508 e. The maximum Gasteiger partial charge on any atom is 0.213 e. The predicted molar refractivity (Wildman–Crippen MR) is 145 cm³/mol. The third-order valence-corrected chi connectivity index (χ3v) is 6.77. The van der Waals surface area contributed by atoms with E-state index in [-0.39, 0.29) is 11.8 Å². The van der Waals surface area contributed by atoms with E-state index < -0.39 is 0 Å². The van der Waals surface area contributed by atoms with Crippen LogP contribution < -0.4 is 15.8 Å². The van der Waals surface area contributed by atoms with Crippen molar-refractivity contribution < 1.29 is 14.6 Å². The van der Waals surface area contributed by atoms with Crippen molar-refractivity contribution in [2.45, 2.75) is 39.2 Å². The molecule has 1 fully saturated rings. The number of aliphatic imine (C=N–C) groups is 1. The van der Waals surface area contributed by atoms with E-state index in [9.17, 15) is 5.11 Å². The number of aryl methyl sites for hydroxylation is 2. The number of aromatic nitrogens is 3. The number of ether oxygens (including phenoxy) is 2. The van der Waals surface area contributed by atoms with Gasteiger partial charge in [-0.05, 0) is 61.6 Å². The highest BCUT2D eigenvalue weighted by molar-refractivity contribution is 6.06. The molecule has 0 atom stereocenters. The van der Waals surface area contributed by atoms with Gasteiger partial charge in [-0.1, -0.05) is 6.92 Å². The molecule has 9 heteroatoms. The van der Waals surface area contributed by atoms with E-state index in [2.05, 4.69) is 21.5 Å². The van der Waals surface area contributed by atoms with Gasteiger partial charge < -0.3 is 25.6 Å². The highest BCUT2D eigenvalue weighted by Crippen LogP contribution is 2.33. The van der Waals surface area contributed by atoms with Crippen molar-refractivity contribution in [2.24, 2.45) is 10.7 Å². The number of nitrogens with two attached hydrogens (primary N) is 1. The smallest absolute Gasteiger partial charge is 0.213 e. The molecule has 1 aromatic carbocycles. The molecule has 192 valence electrons. The molecule has 4 N–H and O–H groups in total. The first-order chi connectivity index (χ1) is 18.0. The number of amidine groups is 1. The third kappa shape index (κ3) is 5.08. The van der Waals surface area contributed by atoms with Crippen molar-refractivity contribution in [2.75, 3.05) is 25.6 Å². The molecule has 0 bridgehead atoms. The fourth-order valence-corrected chi connectivity index (χ4v) is 4.69. The number of nitrogens with one attached hydrogen (secondary N) is 1. The Kier molecular flexibility index (Phi) is 6.96. The van der Waals surface area contributed by atoms with Crippen LogP contribution in [-0.2, 0) is 11.2 Å². The lowest BCUT2D eigenvalue weighted by Crippen LogP contribution is -2.29. The van der Waals surface area contributed by atoms with Crippen LogP contribution in [0.2, 0.25) is 0 Å². The molecule has 1 aliphatic rings. The van der Waals surface area contributed by atoms with Gasteiger partial charge in [0.05, 0.1) is 35.8 Å². The Labute approximate surface area is 216 Å². The number of anilines is 1.